The van der Waals surface area contributed by atoms with Gasteiger partial charge in [-0.05, 0) is 61.0 Å². The smallest absolute Gasteiger partial charge is 0.338 e. The zero-order valence-corrected chi connectivity index (χ0v) is 20.2. The van der Waals surface area contributed by atoms with E-state index in [4.69, 9.17) is 16.3 Å². The van der Waals surface area contributed by atoms with Crippen LogP contribution in [0, 0.1) is 5.82 Å². The van der Waals surface area contributed by atoms with Gasteiger partial charge in [0.25, 0.3) is 11.8 Å². The molecule has 0 radical (unpaired) electrons. The van der Waals surface area contributed by atoms with Crippen LogP contribution in [0.2, 0.25) is 5.02 Å². The van der Waals surface area contributed by atoms with Crippen LogP contribution in [0.4, 0.5) is 15.8 Å². The quantitative estimate of drug-likeness (QED) is 0.294. The minimum atomic E-state index is -0.599. The fraction of sp³-hybridized carbons (Fsp3) is 0.115. The van der Waals surface area contributed by atoms with E-state index in [9.17, 15) is 18.8 Å². The Kier molecular flexibility index (Phi) is 7.53. The molecule has 35 heavy (non-hydrogen) atoms. The summed E-state index contributed by atoms with van der Waals surface area (Å²) < 4.78 is 18.7. The molecule has 0 aromatic heterocycles. The highest BCUT2D eigenvalue weighted by molar-refractivity contribution is 8.04. The Hall–Kier alpha value is -3.62. The summed E-state index contributed by atoms with van der Waals surface area (Å²) >= 11 is 7.03. The van der Waals surface area contributed by atoms with Gasteiger partial charge in [0, 0.05) is 10.6 Å². The number of imide groups is 1. The third-order valence-corrected chi connectivity index (χ3v) is 6.37. The maximum atomic E-state index is 13.6. The topological polar surface area (TPSA) is 75.7 Å². The Morgan fingerprint density at radius 1 is 1.03 bits per heavy atom. The van der Waals surface area contributed by atoms with E-state index in [1.165, 1.54) is 42.5 Å². The zero-order chi connectivity index (χ0) is 24.9. The van der Waals surface area contributed by atoms with Crippen molar-refractivity contribution in [1.29, 1.82) is 0 Å². The minimum Gasteiger partial charge on any atom is -0.462 e. The maximum Gasteiger partial charge on any atom is 0.338 e. The van der Waals surface area contributed by atoms with Crippen molar-refractivity contribution in [2.45, 2.75) is 18.2 Å². The number of ether oxygens (including phenoxy) is 1. The number of nitrogens with zero attached hydrogens (tertiary/aromatic N) is 1. The van der Waals surface area contributed by atoms with E-state index in [2.05, 4.69) is 5.32 Å². The van der Waals surface area contributed by atoms with E-state index in [-0.39, 0.29) is 15.6 Å². The zero-order valence-electron chi connectivity index (χ0n) is 18.6. The van der Waals surface area contributed by atoms with Gasteiger partial charge in [-0.25, -0.2) is 14.1 Å². The number of carbonyl (C=O) groups is 3. The van der Waals surface area contributed by atoms with Gasteiger partial charge >= 0.3 is 5.97 Å². The van der Waals surface area contributed by atoms with Gasteiger partial charge in [-0.3, -0.25) is 9.59 Å². The first-order chi connectivity index (χ1) is 16.9. The van der Waals surface area contributed by atoms with Crippen LogP contribution in [0.25, 0.3) is 0 Å². The lowest BCUT2D eigenvalue weighted by molar-refractivity contribution is -0.120. The Bertz CT molecular complexity index is 1310. The number of hydrogen-bond acceptors (Lipinski definition) is 6. The Balaban J connectivity index is 1.66. The number of amides is 2. The fourth-order valence-electron chi connectivity index (χ4n) is 3.30. The summed E-state index contributed by atoms with van der Waals surface area (Å²) in [6, 6.07) is 19.1. The number of thioether (sulfide) groups is 1. The number of nitrogens with one attached hydrogen (secondary N) is 1. The third-order valence-electron chi connectivity index (χ3n) is 4.99. The van der Waals surface area contributed by atoms with Crippen LogP contribution in [0.1, 0.15) is 23.7 Å². The molecule has 178 valence electrons. The van der Waals surface area contributed by atoms with Gasteiger partial charge in [-0.15, -0.1) is 0 Å². The van der Waals surface area contributed by atoms with Crippen LogP contribution in [-0.2, 0) is 14.3 Å². The first kappa shape index (κ1) is 24.5. The summed E-state index contributed by atoms with van der Waals surface area (Å²) in [4.78, 5) is 40.9. The summed E-state index contributed by atoms with van der Waals surface area (Å²) in [6.07, 6.45) is 0.698. The SMILES string of the molecule is CCCOC(=O)c1ccc(N2C(=O)C(Nc3ccc(F)c(Cl)c3)=C(Sc3ccccc3)C2=O)cc1. The highest BCUT2D eigenvalue weighted by Gasteiger charge is 2.40. The summed E-state index contributed by atoms with van der Waals surface area (Å²) in [7, 11) is 0. The molecule has 1 heterocycles. The Labute approximate surface area is 210 Å². The Morgan fingerprint density at radius 3 is 2.40 bits per heavy atom. The molecule has 0 aliphatic carbocycles. The minimum absolute atomic E-state index is 0.0398. The van der Waals surface area contributed by atoms with E-state index in [1.54, 1.807) is 0 Å². The predicted octanol–water partition coefficient (Wildman–Crippen LogP) is 6.04. The lowest BCUT2D eigenvalue weighted by Crippen LogP contribution is -2.32. The van der Waals surface area contributed by atoms with Gasteiger partial charge in [0.15, 0.2) is 0 Å². The van der Waals surface area contributed by atoms with Crippen LogP contribution in [0.3, 0.4) is 0 Å². The molecule has 0 saturated carbocycles. The van der Waals surface area contributed by atoms with Crippen molar-refractivity contribution < 1.29 is 23.5 Å². The number of carbonyl (C=O) groups excluding carboxylic acids is 3. The van der Waals surface area contributed by atoms with Crippen LogP contribution in [0.5, 0.6) is 0 Å². The Morgan fingerprint density at radius 2 is 1.74 bits per heavy atom. The predicted molar refractivity (Wildman–Crippen MR) is 134 cm³/mol. The summed E-state index contributed by atoms with van der Waals surface area (Å²) in [5.74, 6) is -2.19. The lowest BCUT2D eigenvalue weighted by atomic mass is 10.2. The number of benzene rings is 3. The molecule has 1 N–H and O–H groups in total. The van der Waals surface area contributed by atoms with Gasteiger partial charge in [0.05, 0.1) is 22.9 Å². The molecule has 1 aliphatic rings. The number of halogens is 2. The average molecular weight is 511 g/mol. The number of esters is 1. The standard InChI is InChI=1S/C26H20ClFN2O4S/c1-2-14-34-26(33)16-8-11-18(12-9-16)30-24(31)22(29-17-10-13-21(28)20(27)15-17)23(25(30)32)35-19-6-4-3-5-7-19/h3-13,15,29H,2,14H2,1H3. The van der Waals surface area contributed by atoms with Crippen LogP contribution < -0.4 is 10.2 Å². The van der Waals surface area contributed by atoms with Gasteiger partial charge in [0.2, 0.25) is 0 Å². The monoisotopic (exact) mass is 510 g/mol. The highest BCUT2D eigenvalue weighted by atomic mass is 35.5. The van der Waals surface area contributed by atoms with Crippen molar-refractivity contribution >= 4 is 52.5 Å². The molecule has 3 aromatic carbocycles. The molecule has 0 unspecified atom stereocenters. The molecule has 4 rings (SSSR count). The number of anilines is 2. The second kappa shape index (κ2) is 10.8. The first-order valence-corrected chi connectivity index (χ1v) is 11.9. The molecular weight excluding hydrogens is 491 g/mol. The molecule has 0 bridgehead atoms. The van der Waals surface area contributed by atoms with Crippen molar-refractivity contribution in [3.05, 3.63) is 99.8 Å². The molecule has 0 saturated heterocycles. The normalized spacial score (nSPS) is 13.4. The van der Waals surface area contributed by atoms with E-state index in [0.29, 0.717) is 30.0 Å². The van der Waals surface area contributed by atoms with E-state index in [0.717, 1.165) is 21.6 Å². The van der Waals surface area contributed by atoms with Gasteiger partial charge in [0.1, 0.15) is 16.4 Å². The van der Waals surface area contributed by atoms with Gasteiger partial charge in [-0.2, -0.15) is 0 Å². The van der Waals surface area contributed by atoms with E-state index in [1.807, 2.05) is 37.3 Å². The molecule has 2 amide bonds. The number of rotatable bonds is 8. The van der Waals surface area contributed by atoms with Crippen molar-refractivity contribution in [3.63, 3.8) is 0 Å². The van der Waals surface area contributed by atoms with Crippen molar-refractivity contribution in [3.8, 4) is 0 Å². The molecule has 1 aliphatic heterocycles. The average Bonchev–Trinajstić information content (AvgIpc) is 3.09. The van der Waals surface area contributed by atoms with Crippen LogP contribution in [-0.4, -0.2) is 24.4 Å². The summed E-state index contributed by atoms with van der Waals surface area (Å²) in [6.45, 7) is 2.20. The van der Waals surface area contributed by atoms with E-state index >= 15 is 0 Å². The van der Waals surface area contributed by atoms with Crippen LogP contribution >= 0.6 is 23.4 Å². The lowest BCUT2D eigenvalue weighted by Gasteiger charge is -2.16. The number of hydrogen-bond donors (Lipinski definition) is 1. The second-order valence-corrected chi connectivity index (χ2v) is 8.99. The molecule has 9 heteroatoms. The van der Waals surface area contributed by atoms with Crippen molar-refractivity contribution in [1.82, 2.24) is 0 Å². The fourth-order valence-corrected chi connectivity index (χ4v) is 4.43. The summed E-state index contributed by atoms with van der Waals surface area (Å²) in [5, 5.41) is 2.82. The summed E-state index contributed by atoms with van der Waals surface area (Å²) in [5.41, 5.74) is 1.01. The van der Waals surface area contributed by atoms with Crippen molar-refractivity contribution in [2.24, 2.45) is 0 Å². The molecule has 6 nitrogen and oxygen atoms in total. The van der Waals surface area contributed by atoms with Crippen molar-refractivity contribution in [2.75, 3.05) is 16.8 Å². The second-order valence-electron chi connectivity index (χ2n) is 7.50. The molecule has 3 aromatic rings. The van der Waals surface area contributed by atoms with Crippen LogP contribution in [0.15, 0.2) is 88.3 Å². The maximum absolute atomic E-state index is 13.6. The largest absolute Gasteiger partial charge is 0.462 e. The van der Waals surface area contributed by atoms with Gasteiger partial charge in [-0.1, -0.05) is 48.5 Å². The van der Waals surface area contributed by atoms with Gasteiger partial charge < -0.3 is 10.1 Å². The molecule has 0 fully saturated rings. The molecule has 0 spiro atoms. The first-order valence-electron chi connectivity index (χ1n) is 10.7. The highest BCUT2D eigenvalue weighted by Crippen LogP contribution is 2.38. The van der Waals surface area contributed by atoms with E-state index < -0.39 is 23.6 Å². The molecular formula is C26H20ClFN2O4S. The third kappa shape index (κ3) is 5.39. The molecule has 0 atom stereocenters.